The zero-order valence-electron chi connectivity index (χ0n) is 7.45. The molecule has 1 aromatic carbocycles. The van der Waals surface area contributed by atoms with Crippen molar-refractivity contribution < 1.29 is 0 Å². The summed E-state index contributed by atoms with van der Waals surface area (Å²) in [4.78, 5) is 0. The van der Waals surface area contributed by atoms with Crippen molar-refractivity contribution in [1.29, 1.82) is 0 Å². The summed E-state index contributed by atoms with van der Waals surface area (Å²) in [5.41, 5.74) is 10.4. The molecule has 1 aromatic heterocycles. The minimum absolute atomic E-state index is 0.851. The van der Waals surface area contributed by atoms with Crippen LogP contribution >= 0.6 is 11.3 Å². The van der Waals surface area contributed by atoms with Crippen molar-refractivity contribution >= 4 is 17.0 Å². The van der Waals surface area contributed by atoms with E-state index >= 15 is 0 Å². The Balaban J connectivity index is 2.59. The summed E-state index contributed by atoms with van der Waals surface area (Å²) in [6, 6.07) is 7.97. The molecular weight excluding hydrogens is 178 g/mol. The second kappa shape index (κ2) is 3.23. The van der Waals surface area contributed by atoms with Crippen LogP contribution in [0.15, 0.2) is 35.0 Å². The molecule has 66 valence electrons. The SMILES string of the molecule is Cc1cscc1-c1ccccc1N. The first-order chi connectivity index (χ1) is 6.29. The van der Waals surface area contributed by atoms with Gasteiger partial charge in [0.15, 0.2) is 0 Å². The highest BCUT2D eigenvalue weighted by Crippen LogP contribution is 2.30. The highest BCUT2D eigenvalue weighted by molar-refractivity contribution is 7.08. The van der Waals surface area contributed by atoms with Crippen molar-refractivity contribution in [1.82, 2.24) is 0 Å². The molecule has 0 saturated carbocycles. The summed E-state index contributed by atoms with van der Waals surface area (Å²) in [7, 11) is 0. The Morgan fingerprint density at radius 2 is 1.85 bits per heavy atom. The van der Waals surface area contributed by atoms with Gasteiger partial charge in [-0.15, -0.1) is 0 Å². The van der Waals surface area contributed by atoms with Crippen LogP contribution in [-0.4, -0.2) is 0 Å². The van der Waals surface area contributed by atoms with E-state index < -0.39 is 0 Å². The maximum absolute atomic E-state index is 5.89. The van der Waals surface area contributed by atoms with Crippen molar-refractivity contribution in [2.75, 3.05) is 5.73 Å². The lowest BCUT2D eigenvalue weighted by Crippen LogP contribution is -1.88. The fraction of sp³-hybridized carbons (Fsp3) is 0.0909. The molecule has 0 aliphatic rings. The smallest absolute Gasteiger partial charge is 0.0394 e. The molecule has 0 bridgehead atoms. The number of anilines is 1. The fourth-order valence-corrected chi connectivity index (χ4v) is 2.23. The zero-order valence-corrected chi connectivity index (χ0v) is 8.27. The number of rotatable bonds is 1. The van der Waals surface area contributed by atoms with Gasteiger partial charge in [-0.25, -0.2) is 0 Å². The molecule has 0 amide bonds. The molecule has 0 spiro atoms. The maximum atomic E-state index is 5.89. The van der Waals surface area contributed by atoms with Gasteiger partial charge in [0.25, 0.3) is 0 Å². The normalized spacial score (nSPS) is 10.2. The average Bonchev–Trinajstić information content (AvgIpc) is 2.52. The van der Waals surface area contributed by atoms with E-state index in [1.807, 2.05) is 18.2 Å². The Morgan fingerprint density at radius 1 is 1.08 bits per heavy atom. The number of thiophene rings is 1. The van der Waals surface area contributed by atoms with Crippen LogP contribution in [0.4, 0.5) is 5.69 Å². The van der Waals surface area contributed by atoms with Crippen LogP contribution in [0.5, 0.6) is 0 Å². The van der Waals surface area contributed by atoms with Crippen molar-refractivity contribution in [3.05, 3.63) is 40.6 Å². The third-order valence-corrected chi connectivity index (χ3v) is 2.97. The molecule has 0 atom stereocenters. The van der Waals surface area contributed by atoms with Crippen LogP contribution < -0.4 is 5.73 Å². The van der Waals surface area contributed by atoms with E-state index in [0.29, 0.717) is 0 Å². The average molecular weight is 189 g/mol. The lowest BCUT2D eigenvalue weighted by molar-refractivity contribution is 1.53. The molecule has 2 aromatic rings. The molecule has 0 radical (unpaired) electrons. The maximum Gasteiger partial charge on any atom is 0.0394 e. The Morgan fingerprint density at radius 3 is 2.46 bits per heavy atom. The minimum Gasteiger partial charge on any atom is -0.398 e. The number of benzene rings is 1. The predicted octanol–water partition coefficient (Wildman–Crippen LogP) is 3.31. The molecule has 2 rings (SSSR count). The Labute approximate surface area is 81.8 Å². The summed E-state index contributed by atoms with van der Waals surface area (Å²) in [6.45, 7) is 2.11. The molecule has 1 nitrogen and oxygen atoms in total. The molecule has 2 N–H and O–H groups in total. The Kier molecular flexibility index (Phi) is 2.07. The molecule has 0 fully saturated rings. The zero-order chi connectivity index (χ0) is 9.26. The van der Waals surface area contributed by atoms with E-state index in [0.717, 1.165) is 11.3 Å². The topological polar surface area (TPSA) is 26.0 Å². The van der Waals surface area contributed by atoms with Crippen LogP contribution in [0.2, 0.25) is 0 Å². The van der Waals surface area contributed by atoms with E-state index in [-0.39, 0.29) is 0 Å². The van der Waals surface area contributed by atoms with Crippen LogP contribution in [-0.2, 0) is 0 Å². The van der Waals surface area contributed by atoms with Crippen LogP contribution in [0.25, 0.3) is 11.1 Å². The van der Waals surface area contributed by atoms with Crippen LogP contribution in [0, 0.1) is 6.92 Å². The summed E-state index contributed by atoms with van der Waals surface area (Å²) in [5.74, 6) is 0. The van der Waals surface area contributed by atoms with Gasteiger partial charge in [0.2, 0.25) is 0 Å². The van der Waals surface area contributed by atoms with Gasteiger partial charge in [0.1, 0.15) is 0 Å². The Bertz CT molecular complexity index is 418. The fourth-order valence-electron chi connectivity index (χ4n) is 1.38. The van der Waals surface area contributed by atoms with E-state index in [4.69, 9.17) is 5.73 Å². The summed E-state index contributed by atoms with van der Waals surface area (Å²) < 4.78 is 0. The second-order valence-corrected chi connectivity index (χ2v) is 3.80. The van der Waals surface area contributed by atoms with Gasteiger partial charge in [0.05, 0.1) is 0 Å². The third kappa shape index (κ3) is 1.45. The highest BCUT2D eigenvalue weighted by Gasteiger charge is 2.04. The molecule has 0 aliphatic carbocycles. The molecular formula is C11H11NS. The number of hydrogen-bond acceptors (Lipinski definition) is 2. The van der Waals surface area contributed by atoms with Gasteiger partial charge >= 0.3 is 0 Å². The molecule has 13 heavy (non-hydrogen) atoms. The molecule has 0 saturated heterocycles. The minimum atomic E-state index is 0.851. The second-order valence-electron chi connectivity index (χ2n) is 3.06. The van der Waals surface area contributed by atoms with Crippen molar-refractivity contribution in [2.24, 2.45) is 0 Å². The van der Waals surface area contributed by atoms with Crippen LogP contribution in [0.1, 0.15) is 5.56 Å². The van der Waals surface area contributed by atoms with Gasteiger partial charge in [0, 0.05) is 11.3 Å². The van der Waals surface area contributed by atoms with Crippen molar-refractivity contribution in [3.63, 3.8) is 0 Å². The highest BCUT2D eigenvalue weighted by atomic mass is 32.1. The van der Waals surface area contributed by atoms with Crippen molar-refractivity contribution in [2.45, 2.75) is 6.92 Å². The standard InChI is InChI=1S/C11H11NS/c1-8-6-13-7-10(8)9-4-2-3-5-11(9)12/h2-7H,12H2,1H3. The summed E-state index contributed by atoms with van der Waals surface area (Å²) in [6.07, 6.45) is 0. The molecule has 0 aliphatic heterocycles. The number of nitrogen functional groups attached to an aromatic ring is 1. The van der Waals surface area contributed by atoms with Gasteiger partial charge in [-0.1, -0.05) is 18.2 Å². The number of para-hydroxylation sites is 1. The summed E-state index contributed by atoms with van der Waals surface area (Å²) in [5, 5.41) is 4.28. The first-order valence-electron chi connectivity index (χ1n) is 4.16. The number of hydrogen-bond donors (Lipinski definition) is 1. The van der Waals surface area contributed by atoms with Gasteiger partial charge < -0.3 is 5.73 Å². The van der Waals surface area contributed by atoms with Gasteiger partial charge in [-0.05, 0) is 34.9 Å². The first kappa shape index (κ1) is 8.32. The van der Waals surface area contributed by atoms with E-state index in [2.05, 4.69) is 23.8 Å². The molecule has 1 heterocycles. The quantitative estimate of drug-likeness (QED) is 0.684. The largest absolute Gasteiger partial charge is 0.398 e. The predicted molar refractivity (Wildman–Crippen MR) is 58.9 cm³/mol. The van der Waals surface area contributed by atoms with Crippen LogP contribution in [0.3, 0.4) is 0 Å². The monoisotopic (exact) mass is 189 g/mol. The number of aryl methyl sites for hydroxylation is 1. The lowest BCUT2D eigenvalue weighted by atomic mass is 10.0. The Hall–Kier alpha value is -1.28. The first-order valence-corrected chi connectivity index (χ1v) is 5.11. The lowest BCUT2D eigenvalue weighted by Gasteiger charge is -2.03. The third-order valence-electron chi connectivity index (χ3n) is 2.11. The van der Waals surface area contributed by atoms with Gasteiger partial charge in [-0.2, -0.15) is 11.3 Å². The summed E-state index contributed by atoms with van der Waals surface area (Å²) >= 11 is 1.71. The molecule has 2 heteroatoms. The van der Waals surface area contributed by atoms with E-state index in [9.17, 15) is 0 Å². The molecule has 0 unspecified atom stereocenters. The van der Waals surface area contributed by atoms with Crippen molar-refractivity contribution in [3.8, 4) is 11.1 Å². The van der Waals surface area contributed by atoms with E-state index in [1.165, 1.54) is 11.1 Å². The number of nitrogens with two attached hydrogens (primary N) is 1. The van der Waals surface area contributed by atoms with E-state index in [1.54, 1.807) is 11.3 Å². The van der Waals surface area contributed by atoms with Gasteiger partial charge in [-0.3, -0.25) is 0 Å².